The third-order valence-corrected chi connectivity index (χ3v) is 3.86. The van der Waals surface area contributed by atoms with Crippen molar-refractivity contribution in [3.8, 4) is 5.75 Å². The van der Waals surface area contributed by atoms with E-state index in [-0.39, 0.29) is 0 Å². The van der Waals surface area contributed by atoms with E-state index in [1.165, 1.54) is 0 Å². The van der Waals surface area contributed by atoms with Crippen LogP contribution in [-0.4, -0.2) is 14.9 Å². The Balaban J connectivity index is 2.23. The maximum atomic E-state index is 9.78. The molecule has 4 nitrogen and oxygen atoms in total. The topological polar surface area (TPSA) is 47.3 Å². The second kappa shape index (κ2) is 6.96. The molecule has 1 atom stereocenters. The lowest BCUT2D eigenvalue weighted by atomic mass is 10.1. The molecular formula is C16H21ClN2O2. The van der Waals surface area contributed by atoms with Crippen molar-refractivity contribution in [3.63, 3.8) is 0 Å². The summed E-state index contributed by atoms with van der Waals surface area (Å²) in [5, 5.41) is 14.9. The maximum Gasteiger partial charge on any atom is 0.131 e. The van der Waals surface area contributed by atoms with Crippen molar-refractivity contribution in [2.24, 2.45) is 0 Å². The van der Waals surface area contributed by atoms with E-state index in [1.807, 2.05) is 42.8 Å². The minimum absolute atomic E-state index is 0.337. The van der Waals surface area contributed by atoms with Gasteiger partial charge in [0.05, 0.1) is 22.5 Å². The molecule has 5 heteroatoms. The van der Waals surface area contributed by atoms with Gasteiger partial charge in [-0.05, 0) is 26.3 Å². The third kappa shape index (κ3) is 3.39. The van der Waals surface area contributed by atoms with Crippen LogP contribution >= 0.6 is 11.6 Å². The number of ether oxygens (including phenoxy) is 1. The van der Waals surface area contributed by atoms with Gasteiger partial charge in [-0.15, -0.1) is 0 Å². The minimum Gasteiger partial charge on any atom is -0.487 e. The van der Waals surface area contributed by atoms with Crippen LogP contribution in [0.3, 0.4) is 0 Å². The summed E-state index contributed by atoms with van der Waals surface area (Å²) >= 11 is 6.36. The average Bonchev–Trinajstić information content (AvgIpc) is 2.80. The van der Waals surface area contributed by atoms with Crippen LogP contribution in [0.5, 0.6) is 5.75 Å². The van der Waals surface area contributed by atoms with Crippen LogP contribution in [0.1, 0.15) is 43.8 Å². The van der Waals surface area contributed by atoms with Gasteiger partial charge in [0.2, 0.25) is 0 Å². The van der Waals surface area contributed by atoms with E-state index in [0.717, 1.165) is 29.9 Å². The third-order valence-electron chi connectivity index (χ3n) is 3.43. The number of rotatable bonds is 6. The highest BCUT2D eigenvalue weighted by molar-refractivity contribution is 6.31. The van der Waals surface area contributed by atoms with E-state index in [4.69, 9.17) is 16.3 Å². The largest absolute Gasteiger partial charge is 0.487 e. The monoisotopic (exact) mass is 308 g/mol. The number of hydrogen-bond acceptors (Lipinski definition) is 3. The molecule has 0 amide bonds. The number of benzene rings is 1. The molecule has 0 aliphatic rings. The van der Waals surface area contributed by atoms with Crippen molar-refractivity contribution in [1.82, 2.24) is 9.78 Å². The van der Waals surface area contributed by atoms with Crippen molar-refractivity contribution in [1.29, 1.82) is 0 Å². The molecule has 114 valence electrons. The highest BCUT2D eigenvalue weighted by Crippen LogP contribution is 2.27. The molecule has 0 aliphatic carbocycles. The number of aromatic nitrogens is 2. The van der Waals surface area contributed by atoms with Gasteiger partial charge >= 0.3 is 0 Å². The summed E-state index contributed by atoms with van der Waals surface area (Å²) in [7, 11) is 0. The highest BCUT2D eigenvalue weighted by atomic mass is 35.5. The summed E-state index contributed by atoms with van der Waals surface area (Å²) in [6, 6.07) is 7.48. The molecule has 1 N–H and O–H groups in total. The normalized spacial score (nSPS) is 12.4. The molecule has 0 bridgehead atoms. The van der Waals surface area contributed by atoms with Crippen LogP contribution in [0.25, 0.3) is 0 Å². The van der Waals surface area contributed by atoms with E-state index >= 15 is 0 Å². The summed E-state index contributed by atoms with van der Waals surface area (Å²) in [4.78, 5) is 0. The molecule has 0 fully saturated rings. The molecule has 1 aromatic carbocycles. The fraction of sp³-hybridized carbons (Fsp3) is 0.438. The minimum atomic E-state index is -0.570. The molecule has 1 unspecified atom stereocenters. The van der Waals surface area contributed by atoms with Gasteiger partial charge in [-0.3, -0.25) is 4.68 Å². The highest BCUT2D eigenvalue weighted by Gasteiger charge is 2.16. The first-order valence-corrected chi connectivity index (χ1v) is 7.60. The summed E-state index contributed by atoms with van der Waals surface area (Å²) in [5.41, 5.74) is 2.53. The van der Waals surface area contributed by atoms with E-state index in [0.29, 0.717) is 17.4 Å². The number of aliphatic hydroxyl groups excluding tert-OH is 1. The zero-order valence-electron chi connectivity index (χ0n) is 12.6. The van der Waals surface area contributed by atoms with E-state index < -0.39 is 6.10 Å². The van der Waals surface area contributed by atoms with Crippen LogP contribution in [0.2, 0.25) is 5.02 Å². The lowest BCUT2D eigenvalue weighted by molar-refractivity contribution is 0.189. The Morgan fingerprint density at radius 1 is 1.33 bits per heavy atom. The van der Waals surface area contributed by atoms with Crippen LogP contribution in [-0.2, 0) is 19.6 Å². The van der Waals surface area contributed by atoms with Crippen LogP contribution in [0.4, 0.5) is 0 Å². The molecule has 0 saturated carbocycles. The summed E-state index contributed by atoms with van der Waals surface area (Å²) in [5.74, 6) is 0.672. The molecule has 0 saturated heterocycles. The smallest absolute Gasteiger partial charge is 0.131 e. The van der Waals surface area contributed by atoms with Crippen molar-refractivity contribution in [2.75, 3.05) is 0 Å². The summed E-state index contributed by atoms with van der Waals surface area (Å²) in [6.45, 7) is 6.86. The molecule has 0 radical (unpaired) electrons. The van der Waals surface area contributed by atoms with Gasteiger partial charge in [0, 0.05) is 12.1 Å². The number of para-hydroxylation sites is 1. The van der Waals surface area contributed by atoms with Gasteiger partial charge < -0.3 is 9.84 Å². The molecule has 21 heavy (non-hydrogen) atoms. The Bertz CT molecular complexity index is 608. The molecular weight excluding hydrogens is 288 g/mol. The van der Waals surface area contributed by atoms with E-state index in [9.17, 15) is 5.11 Å². The zero-order chi connectivity index (χ0) is 15.4. The van der Waals surface area contributed by atoms with Crippen molar-refractivity contribution in [2.45, 2.75) is 46.4 Å². The first-order valence-electron chi connectivity index (χ1n) is 7.22. The van der Waals surface area contributed by atoms with E-state index in [1.54, 1.807) is 6.92 Å². The quantitative estimate of drug-likeness (QED) is 0.884. The predicted octanol–water partition coefficient (Wildman–Crippen LogP) is 3.75. The fourth-order valence-electron chi connectivity index (χ4n) is 2.26. The van der Waals surface area contributed by atoms with Gasteiger partial charge in [-0.2, -0.15) is 5.10 Å². The number of halogens is 1. The molecule has 0 aliphatic heterocycles. The second-order valence-electron chi connectivity index (χ2n) is 4.88. The van der Waals surface area contributed by atoms with Crippen LogP contribution in [0, 0.1) is 0 Å². The molecule has 1 aromatic heterocycles. The molecule has 0 spiro atoms. The van der Waals surface area contributed by atoms with Gasteiger partial charge in [0.25, 0.3) is 0 Å². The Morgan fingerprint density at radius 3 is 2.67 bits per heavy atom. The standard InChI is InChI=1S/C16H21ClN2O2/c1-4-13-16(17)14(19(5-2)18-13)10-21-15-9-7-6-8-12(15)11(3)20/h6-9,11,20H,4-5,10H2,1-3H3. The first-order chi connectivity index (χ1) is 10.1. The lowest BCUT2D eigenvalue weighted by Crippen LogP contribution is -2.08. The summed E-state index contributed by atoms with van der Waals surface area (Å²) < 4.78 is 7.73. The Labute approximate surface area is 130 Å². The number of aliphatic hydroxyl groups is 1. The molecule has 2 rings (SSSR count). The van der Waals surface area contributed by atoms with E-state index in [2.05, 4.69) is 5.10 Å². The summed E-state index contributed by atoms with van der Waals surface area (Å²) in [6.07, 6.45) is 0.224. The van der Waals surface area contributed by atoms with Crippen molar-refractivity contribution < 1.29 is 9.84 Å². The fourth-order valence-corrected chi connectivity index (χ4v) is 2.58. The van der Waals surface area contributed by atoms with Crippen LogP contribution in [0.15, 0.2) is 24.3 Å². The number of hydrogen-bond donors (Lipinski definition) is 1. The van der Waals surface area contributed by atoms with Crippen molar-refractivity contribution in [3.05, 3.63) is 46.2 Å². The SMILES string of the molecule is CCc1nn(CC)c(COc2ccccc2C(C)O)c1Cl. The number of aryl methyl sites for hydroxylation is 2. The number of nitrogens with zero attached hydrogens (tertiary/aromatic N) is 2. The van der Waals surface area contributed by atoms with Gasteiger partial charge in [0.1, 0.15) is 12.4 Å². The Morgan fingerprint density at radius 2 is 2.05 bits per heavy atom. The van der Waals surface area contributed by atoms with Crippen molar-refractivity contribution >= 4 is 11.6 Å². The first kappa shape index (κ1) is 15.9. The Hall–Kier alpha value is -1.52. The van der Waals surface area contributed by atoms with Crippen LogP contribution < -0.4 is 4.74 Å². The zero-order valence-corrected chi connectivity index (χ0v) is 13.4. The van der Waals surface area contributed by atoms with Gasteiger partial charge in [0.15, 0.2) is 0 Å². The molecule has 1 heterocycles. The Kier molecular flexibility index (Phi) is 5.26. The molecule has 2 aromatic rings. The lowest BCUT2D eigenvalue weighted by Gasteiger charge is -2.14. The maximum absolute atomic E-state index is 9.78. The average molecular weight is 309 g/mol. The van der Waals surface area contributed by atoms with Gasteiger partial charge in [-0.1, -0.05) is 36.7 Å². The van der Waals surface area contributed by atoms with Gasteiger partial charge in [-0.25, -0.2) is 0 Å². The second-order valence-corrected chi connectivity index (χ2v) is 5.26. The predicted molar refractivity (Wildman–Crippen MR) is 83.7 cm³/mol.